The van der Waals surface area contributed by atoms with Gasteiger partial charge in [0.05, 0.1) is 7.11 Å². The highest BCUT2D eigenvalue weighted by atomic mass is 16.5. The van der Waals surface area contributed by atoms with Crippen LogP contribution in [0.4, 0.5) is 11.4 Å². The molecule has 0 aromatic heterocycles. The number of fused-ring (bicyclic) bond motifs is 2. The van der Waals surface area contributed by atoms with Crippen LogP contribution in [0.1, 0.15) is 5.56 Å². The number of aliphatic imine (C=N–C) groups is 2. The lowest BCUT2D eigenvalue weighted by Gasteiger charge is -2.26. The summed E-state index contributed by atoms with van der Waals surface area (Å²) in [6, 6.07) is 14.6. The Morgan fingerprint density at radius 3 is 2.60 bits per heavy atom. The van der Waals surface area contributed by atoms with Crippen LogP contribution in [0.5, 0.6) is 5.75 Å². The van der Waals surface area contributed by atoms with E-state index in [0.717, 1.165) is 11.4 Å². The van der Waals surface area contributed by atoms with E-state index in [-0.39, 0.29) is 11.9 Å². The number of hydrogen-bond donors (Lipinski definition) is 4. The molecule has 2 aromatic carbocycles. The molecule has 2 aromatic rings. The van der Waals surface area contributed by atoms with Crippen LogP contribution < -0.4 is 26.4 Å². The molecule has 4 rings (SSSR count). The van der Waals surface area contributed by atoms with Gasteiger partial charge in [-0.05, 0) is 30.3 Å². The van der Waals surface area contributed by atoms with Crippen LogP contribution in [0.2, 0.25) is 0 Å². The number of anilines is 2. The van der Waals surface area contributed by atoms with Gasteiger partial charge in [-0.1, -0.05) is 18.2 Å². The Balaban J connectivity index is 1.71. The van der Waals surface area contributed by atoms with E-state index in [9.17, 15) is 4.79 Å². The number of methoxy groups -OCH3 is 1. The zero-order valence-corrected chi connectivity index (χ0v) is 13.4. The van der Waals surface area contributed by atoms with Gasteiger partial charge in [-0.3, -0.25) is 10.1 Å². The lowest BCUT2D eigenvalue weighted by atomic mass is 10.0. The van der Waals surface area contributed by atoms with Crippen molar-refractivity contribution in [3.05, 3.63) is 54.1 Å². The summed E-state index contributed by atoms with van der Waals surface area (Å²) in [6.07, 6.45) is 0. The summed E-state index contributed by atoms with van der Waals surface area (Å²) in [5.74, 6) is 0.848. The maximum Gasteiger partial charge on any atom is 0.280 e. The van der Waals surface area contributed by atoms with E-state index in [1.807, 2.05) is 48.5 Å². The second-order valence-corrected chi connectivity index (χ2v) is 5.61. The van der Waals surface area contributed by atoms with Crippen LogP contribution in [0.15, 0.2) is 58.5 Å². The number of guanidine groups is 2. The molecular weight excluding hydrogens is 320 g/mol. The third-order valence-corrected chi connectivity index (χ3v) is 4.02. The molecule has 0 saturated heterocycles. The molecule has 0 saturated carbocycles. The van der Waals surface area contributed by atoms with Crippen molar-refractivity contribution in [1.82, 2.24) is 5.32 Å². The van der Waals surface area contributed by atoms with Gasteiger partial charge in [-0.2, -0.15) is 0 Å². The number of ether oxygens (including phenoxy) is 1. The van der Waals surface area contributed by atoms with E-state index in [1.165, 1.54) is 0 Å². The third kappa shape index (κ3) is 2.44. The lowest BCUT2D eigenvalue weighted by Crippen LogP contribution is -2.49. The molecule has 2 aliphatic heterocycles. The number of hydrogen-bond acceptors (Lipinski definition) is 7. The van der Waals surface area contributed by atoms with Gasteiger partial charge in [0.1, 0.15) is 5.75 Å². The molecule has 1 amide bonds. The van der Waals surface area contributed by atoms with E-state index in [1.54, 1.807) is 7.11 Å². The largest absolute Gasteiger partial charge is 0.497 e. The molecule has 25 heavy (non-hydrogen) atoms. The number of para-hydroxylation sites is 1. The summed E-state index contributed by atoms with van der Waals surface area (Å²) in [5.41, 5.74) is 6.61. The fraction of sp³-hybridized carbons (Fsp3) is 0.118. The molecule has 126 valence electrons. The maximum absolute atomic E-state index is 12.6. The van der Waals surface area contributed by atoms with Gasteiger partial charge in [0.2, 0.25) is 5.96 Å². The Labute approximate surface area is 143 Å². The Morgan fingerprint density at radius 1 is 1.08 bits per heavy atom. The predicted octanol–water partition coefficient (Wildman–Crippen LogP) is 1.19. The van der Waals surface area contributed by atoms with Crippen LogP contribution in [-0.4, -0.2) is 24.9 Å². The minimum absolute atomic E-state index is 0.109. The molecular formula is C17H16N6O2. The zero-order valence-electron chi connectivity index (χ0n) is 13.4. The number of nitrogens with zero attached hydrogens (tertiary/aromatic N) is 2. The molecule has 0 aliphatic carbocycles. The molecule has 1 spiro atoms. The van der Waals surface area contributed by atoms with Gasteiger partial charge in [0.15, 0.2) is 5.96 Å². The summed E-state index contributed by atoms with van der Waals surface area (Å²) in [7, 11) is 1.60. The summed E-state index contributed by atoms with van der Waals surface area (Å²) >= 11 is 0. The van der Waals surface area contributed by atoms with Crippen LogP contribution in [0.25, 0.3) is 0 Å². The average molecular weight is 336 g/mol. The number of rotatable bonds is 2. The van der Waals surface area contributed by atoms with Crippen molar-refractivity contribution in [3.63, 3.8) is 0 Å². The molecule has 0 bridgehead atoms. The number of carbonyl (C=O) groups excluding carboxylic acids is 1. The minimum Gasteiger partial charge on any atom is -0.497 e. The Bertz CT molecular complexity index is 906. The van der Waals surface area contributed by atoms with E-state index < -0.39 is 5.66 Å². The molecule has 8 nitrogen and oxygen atoms in total. The van der Waals surface area contributed by atoms with E-state index in [4.69, 9.17) is 10.5 Å². The van der Waals surface area contributed by atoms with Crippen LogP contribution >= 0.6 is 0 Å². The first-order valence-electron chi connectivity index (χ1n) is 7.65. The summed E-state index contributed by atoms with van der Waals surface area (Å²) in [6.45, 7) is 0. The predicted molar refractivity (Wildman–Crippen MR) is 95.6 cm³/mol. The first-order chi connectivity index (χ1) is 12.1. The summed E-state index contributed by atoms with van der Waals surface area (Å²) in [5, 5.41) is 8.76. The molecule has 5 N–H and O–H groups in total. The van der Waals surface area contributed by atoms with Gasteiger partial charge < -0.3 is 21.1 Å². The Hall–Kier alpha value is -3.55. The smallest absolute Gasteiger partial charge is 0.280 e. The molecule has 2 heterocycles. The topological polar surface area (TPSA) is 113 Å². The van der Waals surface area contributed by atoms with Crippen LogP contribution in [0.3, 0.4) is 0 Å². The van der Waals surface area contributed by atoms with Gasteiger partial charge in [0, 0.05) is 16.9 Å². The van der Waals surface area contributed by atoms with Crippen molar-refractivity contribution in [2.24, 2.45) is 15.7 Å². The van der Waals surface area contributed by atoms with E-state index in [2.05, 4.69) is 25.9 Å². The van der Waals surface area contributed by atoms with Crippen molar-refractivity contribution in [1.29, 1.82) is 0 Å². The highest BCUT2D eigenvalue weighted by Crippen LogP contribution is 2.40. The number of benzene rings is 2. The molecule has 2 aliphatic rings. The third-order valence-electron chi connectivity index (χ3n) is 4.02. The lowest BCUT2D eigenvalue weighted by molar-refractivity contribution is -0.120. The normalized spacial score (nSPS) is 20.9. The molecule has 1 atom stereocenters. The maximum atomic E-state index is 12.6. The van der Waals surface area contributed by atoms with E-state index >= 15 is 0 Å². The molecule has 0 radical (unpaired) electrons. The summed E-state index contributed by atoms with van der Waals surface area (Å²) in [4.78, 5) is 21.4. The molecule has 0 fully saturated rings. The number of nitrogens with one attached hydrogen (secondary N) is 3. The van der Waals surface area contributed by atoms with Gasteiger partial charge in [-0.15, -0.1) is 0 Å². The van der Waals surface area contributed by atoms with Crippen molar-refractivity contribution in [2.45, 2.75) is 5.66 Å². The number of nitrogens with two attached hydrogens (primary N) is 1. The van der Waals surface area contributed by atoms with Crippen molar-refractivity contribution >= 4 is 29.2 Å². The first kappa shape index (κ1) is 15.0. The highest BCUT2D eigenvalue weighted by Gasteiger charge is 2.49. The van der Waals surface area contributed by atoms with Gasteiger partial charge >= 0.3 is 0 Å². The van der Waals surface area contributed by atoms with Gasteiger partial charge in [-0.25, -0.2) is 9.98 Å². The van der Waals surface area contributed by atoms with Crippen LogP contribution in [0, 0.1) is 0 Å². The Kier molecular flexibility index (Phi) is 3.31. The molecule has 8 heteroatoms. The first-order valence-corrected chi connectivity index (χ1v) is 7.65. The van der Waals surface area contributed by atoms with Crippen molar-refractivity contribution in [3.8, 4) is 5.75 Å². The SMILES string of the molecule is COc1ccc(NC2=NC3(N=C(N)N2)C(=O)Nc2ccccc23)cc1. The fourth-order valence-corrected chi connectivity index (χ4v) is 2.86. The van der Waals surface area contributed by atoms with Gasteiger partial charge in [0.25, 0.3) is 11.6 Å². The monoisotopic (exact) mass is 336 g/mol. The average Bonchev–Trinajstić information content (AvgIpc) is 2.87. The standard InChI is InChI=1S/C17H16N6O2/c1-25-11-8-6-10(7-9-11)19-16-21-15(18)22-17(23-16)12-4-2-3-5-13(12)20-14(17)24/h2-9H,1H3,(H,20,24)(H4,18,19,21,22,23). The Morgan fingerprint density at radius 2 is 1.84 bits per heavy atom. The van der Waals surface area contributed by atoms with Crippen molar-refractivity contribution in [2.75, 3.05) is 17.7 Å². The molecule has 1 unspecified atom stereocenters. The quantitative estimate of drug-likeness (QED) is 0.658. The number of carbonyl (C=O) groups is 1. The summed E-state index contributed by atoms with van der Waals surface area (Å²) < 4.78 is 5.14. The van der Waals surface area contributed by atoms with E-state index in [0.29, 0.717) is 17.2 Å². The van der Waals surface area contributed by atoms with Crippen LogP contribution in [-0.2, 0) is 10.5 Å². The fourth-order valence-electron chi connectivity index (χ4n) is 2.86. The number of amides is 1. The highest BCUT2D eigenvalue weighted by molar-refractivity contribution is 6.13. The van der Waals surface area contributed by atoms with Crippen molar-refractivity contribution < 1.29 is 9.53 Å². The minimum atomic E-state index is -1.42. The zero-order chi connectivity index (χ0) is 17.4. The second-order valence-electron chi connectivity index (χ2n) is 5.61. The second kappa shape index (κ2) is 5.52.